The van der Waals surface area contributed by atoms with Crippen molar-refractivity contribution < 1.29 is 8.42 Å². The van der Waals surface area contributed by atoms with Gasteiger partial charge in [-0.2, -0.15) is 0 Å². The molecular weight excluding hydrogens is 543 g/mol. The Kier molecular flexibility index (Phi) is 10.3. The molecule has 148 valence electrons. The summed E-state index contributed by atoms with van der Waals surface area (Å²) in [5.74, 6) is 0.694. The molecule has 0 radical (unpaired) electrons. The molecule has 0 atom stereocenters. The van der Waals surface area contributed by atoms with Gasteiger partial charge in [-0.05, 0) is 23.8 Å². The lowest BCUT2D eigenvalue weighted by Gasteiger charge is -2.22. The minimum atomic E-state index is -3.49. The molecule has 0 aliphatic heterocycles. The summed E-state index contributed by atoms with van der Waals surface area (Å²) in [5.41, 5.74) is 1.14. The van der Waals surface area contributed by atoms with Crippen LogP contribution in [0.2, 0.25) is 0 Å². The maximum Gasteiger partial charge on any atom is 0.240 e. The van der Waals surface area contributed by atoms with Gasteiger partial charge in [0.2, 0.25) is 10.0 Å². The smallest absolute Gasteiger partial charge is 0.240 e. The fourth-order valence-corrected chi connectivity index (χ4v) is 3.85. The average molecular weight is 567 g/mol. The van der Waals surface area contributed by atoms with E-state index >= 15 is 0 Å². The Hall–Kier alpha value is -1.17. The fourth-order valence-electron chi connectivity index (χ4n) is 2.38. The first kappa shape index (κ1) is 23.9. The molecule has 2 aromatic rings. The van der Waals surface area contributed by atoms with Crippen molar-refractivity contribution in [2.24, 2.45) is 4.99 Å². The molecule has 6 nitrogen and oxygen atoms in total. The molecule has 0 bridgehead atoms. The van der Waals surface area contributed by atoms with Gasteiger partial charge in [-0.1, -0.05) is 52.3 Å². The van der Waals surface area contributed by atoms with Crippen LogP contribution in [-0.4, -0.2) is 46.5 Å². The Morgan fingerprint density at radius 3 is 2.33 bits per heavy atom. The van der Waals surface area contributed by atoms with E-state index < -0.39 is 10.0 Å². The normalized spacial score (nSPS) is 11.6. The van der Waals surface area contributed by atoms with Gasteiger partial charge in [0, 0.05) is 38.2 Å². The van der Waals surface area contributed by atoms with Crippen molar-refractivity contribution in [3.05, 3.63) is 64.6 Å². The number of hydrogen-bond acceptors (Lipinski definition) is 3. The van der Waals surface area contributed by atoms with Crippen LogP contribution >= 0.6 is 39.9 Å². The van der Waals surface area contributed by atoms with E-state index in [1.165, 1.54) is 0 Å². The Morgan fingerprint density at radius 2 is 1.70 bits per heavy atom. The molecule has 2 N–H and O–H groups in total. The quantitative estimate of drug-likeness (QED) is 0.234. The summed E-state index contributed by atoms with van der Waals surface area (Å²) in [4.78, 5) is 6.48. The summed E-state index contributed by atoms with van der Waals surface area (Å²) in [7, 11) is 0.146. The van der Waals surface area contributed by atoms with Crippen LogP contribution in [0.3, 0.4) is 0 Å². The SMILES string of the molecule is CN=C(NCCNS(=O)(=O)c1ccccc1)N(C)Cc1ccccc1Br.I. The average Bonchev–Trinajstić information content (AvgIpc) is 2.64. The van der Waals surface area contributed by atoms with E-state index in [1.807, 2.05) is 36.2 Å². The molecule has 9 heteroatoms. The highest BCUT2D eigenvalue weighted by Gasteiger charge is 2.13. The van der Waals surface area contributed by atoms with Gasteiger partial charge in [0.1, 0.15) is 0 Å². The van der Waals surface area contributed by atoms with Crippen molar-refractivity contribution in [3.63, 3.8) is 0 Å². The van der Waals surface area contributed by atoms with Gasteiger partial charge in [-0.3, -0.25) is 4.99 Å². The maximum atomic E-state index is 12.2. The standard InChI is InChI=1S/C18H23BrN4O2S.HI/c1-20-18(23(2)14-15-8-6-7-11-17(15)19)21-12-13-22-26(24,25)16-9-4-3-5-10-16;/h3-11,22H,12-14H2,1-2H3,(H,20,21);1H. The predicted octanol–water partition coefficient (Wildman–Crippen LogP) is 3.05. The molecule has 27 heavy (non-hydrogen) atoms. The number of aliphatic imine (C=N–C) groups is 1. The van der Waals surface area contributed by atoms with Gasteiger partial charge in [0.15, 0.2) is 5.96 Å². The van der Waals surface area contributed by atoms with E-state index in [4.69, 9.17) is 0 Å². The summed E-state index contributed by atoms with van der Waals surface area (Å²) in [5, 5.41) is 3.17. The Bertz CT molecular complexity index is 847. The Balaban J connectivity index is 0.00000364. The monoisotopic (exact) mass is 566 g/mol. The zero-order chi connectivity index (χ0) is 19.0. The molecule has 0 aliphatic rings. The van der Waals surface area contributed by atoms with Crippen LogP contribution in [0.1, 0.15) is 5.56 Å². The molecule has 0 fully saturated rings. The second-order valence-electron chi connectivity index (χ2n) is 5.63. The number of nitrogens with zero attached hydrogens (tertiary/aromatic N) is 2. The number of halogens is 2. The lowest BCUT2D eigenvalue weighted by atomic mass is 10.2. The minimum absolute atomic E-state index is 0. The first-order chi connectivity index (χ1) is 12.4. The lowest BCUT2D eigenvalue weighted by Crippen LogP contribution is -2.42. The molecule has 0 unspecified atom stereocenters. The molecule has 0 aliphatic carbocycles. The Morgan fingerprint density at radius 1 is 1.07 bits per heavy atom. The van der Waals surface area contributed by atoms with Crippen LogP contribution in [0.5, 0.6) is 0 Å². The van der Waals surface area contributed by atoms with Gasteiger partial charge < -0.3 is 10.2 Å². The van der Waals surface area contributed by atoms with Crippen molar-refractivity contribution in [1.29, 1.82) is 0 Å². The number of benzene rings is 2. The molecular formula is C18H24BrIN4O2S. The van der Waals surface area contributed by atoms with E-state index in [2.05, 4.69) is 31.0 Å². The first-order valence-electron chi connectivity index (χ1n) is 8.14. The first-order valence-corrected chi connectivity index (χ1v) is 10.4. The number of sulfonamides is 1. The molecule has 0 heterocycles. The number of rotatable bonds is 7. The van der Waals surface area contributed by atoms with Gasteiger partial charge in [-0.25, -0.2) is 13.1 Å². The second-order valence-corrected chi connectivity index (χ2v) is 8.25. The van der Waals surface area contributed by atoms with Crippen molar-refractivity contribution in [1.82, 2.24) is 14.9 Å². The number of hydrogen-bond donors (Lipinski definition) is 2. The van der Waals surface area contributed by atoms with Crippen LogP contribution in [0.4, 0.5) is 0 Å². The molecule has 0 saturated heterocycles. The summed E-state index contributed by atoms with van der Waals surface area (Å²) in [6.07, 6.45) is 0. The zero-order valence-electron chi connectivity index (χ0n) is 15.2. The highest BCUT2D eigenvalue weighted by atomic mass is 127. The van der Waals surface area contributed by atoms with E-state index in [-0.39, 0.29) is 35.4 Å². The lowest BCUT2D eigenvalue weighted by molar-refractivity contribution is 0.476. The topological polar surface area (TPSA) is 73.8 Å². The molecule has 0 saturated carbocycles. The largest absolute Gasteiger partial charge is 0.355 e. The van der Waals surface area contributed by atoms with Gasteiger partial charge in [0.05, 0.1) is 4.90 Å². The van der Waals surface area contributed by atoms with Crippen LogP contribution < -0.4 is 10.0 Å². The Labute approximate surface area is 186 Å². The third-order valence-corrected chi connectivity index (χ3v) is 5.94. The fraction of sp³-hybridized carbons (Fsp3) is 0.278. The summed E-state index contributed by atoms with van der Waals surface area (Å²) < 4.78 is 28.0. The van der Waals surface area contributed by atoms with Crippen LogP contribution in [0, 0.1) is 0 Å². The van der Waals surface area contributed by atoms with Crippen molar-refractivity contribution in [2.45, 2.75) is 11.4 Å². The molecule has 0 amide bonds. The van der Waals surface area contributed by atoms with E-state index in [0.29, 0.717) is 19.0 Å². The summed E-state index contributed by atoms with van der Waals surface area (Å²) >= 11 is 3.54. The molecule has 0 aromatic heterocycles. The molecule has 2 rings (SSSR count). The summed E-state index contributed by atoms with van der Waals surface area (Å²) in [6, 6.07) is 16.3. The maximum absolute atomic E-state index is 12.2. The van der Waals surface area contributed by atoms with E-state index in [1.54, 1.807) is 37.4 Å². The zero-order valence-corrected chi connectivity index (χ0v) is 20.0. The highest BCUT2D eigenvalue weighted by molar-refractivity contribution is 14.0. The third-order valence-electron chi connectivity index (χ3n) is 3.69. The molecule has 0 spiro atoms. The highest BCUT2D eigenvalue weighted by Crippen LogP contribution is 2.17. The van der Waals surface area contributed by atoms with Crippen LogP contribution in [0.25, 0.3) is 0 Å². The van der Waals surface area contributed by atoms with E-state index in [0.717, 1.165) is 10.0 Å². The van der Waals surface area contributed by atoms with Crippen molar-refractivity contribution in [3.8, 4) is 0 Å². The van der Waals surface area contributed by atoms with Crippen molar-refractivity contribution in [2.75, 3.05) is 27.2 Å². The number of guanidine groups is 1. The van der Waals surface area contributed by atoms with Crippen molar-refractivity contribution >= 4 is 55.9 Å². The number of nitrogens with one attached hydrogen (secondary N) is 2. The van der Waals surface area contributed by atoms with Crippen LogP contribution in [0.15, 0.2) is 69.0 Å². The molecule has 2 aromatic carbocycles. The summed E-state index contributed by atoms with van der Waals surface area (Å²) in [6.45, 7) is 1.37. The minimum Gasteiger partial charge on any atom is -0.355 e. The van der Waals surface area contributed by atoms with E-state index in [9.17, 15) is 8.42 Å². The van der Waals surface area contributed by atoms with Gasteiger partial charge in [-0.15, -0.1) is 24.0 Å². The second kappa shape index (κ2) is 11.6. The van der Waals surface area contributed by atoms with Gasteiger partial charge >= 0.3 is 0 Å². The predicted molar refractivity (Wildman–Crippen MR) is 124 cm³/mol. The third kappa shape index (κ3) is 7.40. The van der Waals surface area contributed by atoms with Crippen LogP contribution in [-0.2, 0) is 16.6 Å². The van der Waals surface area contributed by atoms with Gasteiger partial charge in [0.25, 0.3) is 0 Å².